The Hall–Kier alpha value is -3.59. The molecule has 0 N–H and O–H groups in total. The molecule has 6 nitrogen and oxygen atoms in total. The number of carbonyl (C=O) groups excluding carboxylic acids is 1. The number of ether oxygens (including phenoxy) is 1. The summed E-state index contributed by atoms with van der Waals surface area (Å²) in [6.07, 6.45) is 0. The Balaban J connectivity index is 1.49. The van der Waals surface area contributed by atoms with E-state index in [2.05, 4.69) is 11.2 Å². The monoisotopic (exact) mass is 372 g/mol. The third-order valence-corrected chi connectivity index (χ3v) is 4.83. The molecule has 2 aromatic carbocycles. The van der Waals surface area contributed by atoms with E-state index in [9.17, 15) is 4.79 Å². The largest absolute Gasteiger partial charge is 0.487 e. The van der Waals surface area contributed by atoms with Crippen LogP contribution in [-0.2, 0) is 19.7 Å². The highest BCUT2D eigenvalue weighted by Gasteiger charge is 2.31. The van der Waals surface area contributed by atoms with Crippen molar-refractivity contribution in [2.75, 3.05) is 0 Å². The van der Waals surface area contributed by atoms with Crippen LogP contribution in [0.5, 0.6) is 5.75 Å². The van der Waals surface area contributed by atoms with E-state index in [-0.39, 0.29) is 18.6 Å². The van der Waals surface area contributed by atoms with Crippen molar-refractivity contribution in [3.63, 3.8) is 0 Å². The molecule has 1 amide bonds. The molecule has 0 bridgehead atoms. The summed E-state index contributed by atoms with van der Waals surface area (Å²) in [4.78, 5) is 14.9. The number of fused-ring (bicyclic) bond motifs is 1. The molecule has 0 radical (unpaired) electrons. The predicted molar refractivity (Wildman–Crippen MR) is 103 cm³/mol. The van der Waals surface area contributed by atoms with Gasteiger partial charge in [0.15, 0.2) is 0 Å². The minimum atomic E-state index is -0.0205. The van der Waals surface area contributed by atoms with Crippen molar-refractivity contribution >= 4 is 5.91 Å². The summed E-state index contributed by atoms with van der Waals surface area (Å²) in [7, 11) is 0. The highest BCUT2D eigenvalue weighted by atomic mass is 16.5. The third-order valence-electron chi connectivity index (χ3n) is 4.83. The van der Waals surface area contributed by atoms with Gasteiger partial charge in [0.25, 0.3) is 5.91 Å². The Bertz CT molecular complexity index is 1040. The number of aromatic nitrogens is 2. The van der Waals surface area contributed by atoms with Crippen molar-refractivity contribution in [3.8, 4) is 11.8 Å². The normalized spacial score (nSPS) is 15.8. The van der Waals surface area contributed by atoms with E-state index >= 15 is 0 Å². The van der Waals surface area contributed by atoms with Crippen molar-refractivity contribution in [1.29, 1.82) is 5.26 Å². The molecule has 1 aliphatic rings. The van der Waals surface area contributed by atoms with Crippen LogP contribution < -0.4 is 4.74 Å². The van der Waals surface area contributed by atoms with Gasteiger partial charge in [-0.2, -0.15) is 10.4 Å². The fraction of sp³-hybridized carbons (Fsp3) is 0.227. The molecular formula is C22H20N4O2. The zero-order valence-electron chi connectivity index (χ0n) is 15.6. The topological polar surface area (TPSA) is 71.1 Å². The average Bonchev–Trinajstić information content (AvgIpc) is 3.13. The quantitative estimate of drug-likeness (QED) is 0.688. The van der Waals surface area contributed by atoms with Gasteiger partial charge in [0, 0.05) is 12.6 Å². The first kappa shape index (κ1) is 17.8. The zero-order chi connectivity index (χ0) is 19.5. The van der Waals surface area contributed by atoms with E-state index in [1.165, 1.54) is 0 Å². The highest BCUT2D eigenvalue weighted by molar-refractivity contribution is 5.93. The van der Waals surface area contributed by atoms with Gasteiger partial charge in [-0.1, -0.05) is 36.4 Å². The predicted octanol–water partition coefficient (Wildman–Crippen LogP) is 3.38. The van der Waals surface area contributed by atoms with Crippen LogP contribution >= 0.6 is 0 Å². The molecule has 4 rings (SSSR count). The maximum Gasteiger partial charge on any atom is 0.272 e. The van der Waals surface area contributed by atoms with Crippen molar-refractivity contribution in [1.82, 2.24) is 14.7 Å². The molecule has 1 aromatic heterocycles. The average molecular weight is 372 g/mol. The third kappa shape index (κ3) is 3.60. The van der Waals surface area contributed by atoms with E-state index in [1.807, 2.05) is 42.2 Å². The summed E-state index contributed by atoms with van der Waals surface area (Å²) in [6.45, 7) is 3.51. The van der Waals surface area contributed by atoms with E-state index in [0.29, 0.717) is 35.8 Å². The maximum absolute atomic E-state index is 13.0. The molecule has 0 fully saturated rings. The molecule has 0 spiro atoms. The highest BCUT2D eigenvalue weighted by Crippen LogP contribution is 2.22. The SMILES string of the molecule is CC1Cn2nc(COc3cccc(C#N)c3)cc2C(=O)N1Cc1ccccc1. The number of nitrogens with zero attached hydrogens (tertiary/aromatic N) is 4. The van der Waals surface area contributed by atoms with Crippen LogP contribution in [0.2, 0.25) is 0 Å². The summed E-state index contributed by atoms with van der Waals surface area (Å²) in [5.41, 5.74) is 2.93. The Kier molecular flexibility index (Phi) is 4.81. The molecule has 0 saturated carbocycles. The number of hydrogen-bond acceptors (Lipinski definition) is 4. The Morgan fingerprint density at radius 1 is 1.18 bits per heavy atom. The number of amides is 1. The van der Waals surface area contributed by atoms with Crippen molar-refractivity contribution in [2.45, 2.75) is 32.7 Å². The van der Waals surface area contributed by atoms with Crippen LogP contribution in [0.1, 0.15) is 34.2 Å². The van der Waals surface area contributed by atoms with E-state index in [0.717, 1.165) is 5.56 Å². The second kappa shape index (κ2) is 7.57. The molecule has 1 unspecified atom stereocenters. The van der Waals surface area contributed by atoms with Gasteiger partial charge in [-0.05, 0) is 36.8 Å². The van der Waals surface area contributed by atoms with Gasteiger partial charge in [-0.15, -0.1) is 0 Å². The lowest BCUT2D eigenvalue weighted by molar-refractivity contribution is 0.0584. The molecule has 3 aromatic rings. The van der Waals surface area contributed by atoms with Gasteiger partial charge < -0.3 is 9.64 Å². The minimum Gasteiger partial charge on any atom is -0.487 e. The lowest BCUT2D eigenvalue weighted by Gasteiger charge is -2.33. The molecule has 0 aliphatic carbocycles. The molecule has 0 saturated heterocycles. The van der Waals surface area contributed by atoms with Crippen LogP contribution in [0.25, 0.3) is 0 Å². The summed E-state index contributed by atoms with van der Waals surface area (Å²) in [6, 6.07) is 20.9. The first-order valence-electron chi connectivity index (χ1n) is 9.18. The summed E-state index contributed by atoms with van der Waals surface area (Å²) < 4.78 is 7.51. The fourth-order valence-electron chi connectivity index (χ4n) is 3.37. The smallest absolute Gasteiger partial charge is 0.272 e. The van der Waals surface area contributed by atoms with Gasteiger partial charge in [0.05, 0.1) is 18.2 Å². The van der Waals surface area contributed by atoms with E-state index in [4.69, 9.17) is 10.00 Å². The minimum absolute atomic E-state index is 0.0205. The van der Waals surface area contributed by atoms with Crippen LogP contribution in [-0.4, -0.2) is 26.6 Å². The van der Waals surface area contributed by atoms with Crippen LogP contribution in [0.15, 0.2) is 60.7 Å². The fourth-order valence-corrected chi connectivity index (χ4v) is 3.37. The number of rotatable bonds is 5. The summed E-state index contributed by atoms with van der Waals surface area (Å²) in [5, 5.41) is 13.5. The first-order chi connectivity index (χ1) is 13.6. The lowest BCUT2D eigenvalue weighted by Crippen LogP contribution is -2.46. The van der Waals surface area contributed by atoms with E-state index < -0.39 is 0 Å². The molecule has 6 heteroatoms. The van der Waals surface area contributed by atoms with Crippen molar-refractivity contribution < 1.29 is 9.53 Å². The van der Waals surface area contributed by atoms with Gasteiger partial charge in [0.1, 0.15) is 23.7 Å². The van der Waals surface area contributed by atoms with Gasteiger partial charge in [-0.3, -0.25) is 9.48 Å². The molecule has 28 heavy (non-hydrogen) atoms. The number of hydrogen-bond donors (Lipinski definition) is 0. The number of carbonyl (C=O) groups is 1. The first-order valence-corrected chi connectivity index (χ1v) is 9.18. The Morgan fingerprint density at radius 2 is 2.00 bits per heavy atom. The van der Waals surface area contributed by atoms with Crippen molar-refractivity contribution in [2.24, 2.45) is 0 Å². The van der Waals surface area contributed by atoms with Crippen LogP contribution in [0.3, 0.4) is 0 Å². The lowest BCUT2D eigenvalue weighted by atomic mass is 10.1. The molecular weight excluding hydrogens is 352 g/mol. The van der Waals surface area contributed by atoms with Crippen LogP contribution in [0, 0.1) is 11.3 Å². The second-order valence-electron chi connectivity index (χ2n) is 6.90. The molecule has 140 valence electrons. The molecule has 1 atom stereocenters. The van der Waals surface area contributed by atoms with Crippen molar-refractivity contribution in [3.05, 3.63) is 83.2 Å². The van der Waals surface area contributed by atoms with E-state index in [1.54, 1.807) is 35.0 Å². The Labute approximate surface area is 163 Å². The van der Waals surface area contributed by atoms with Crippen LogP contribution in [0.4, 0.5) is 0 Å². The maximum atomic E-state index is 13.0. The number of nitriles is 1. The zero-order valence-corrected chi connectivity index (χ0v) is 15.6. The van der Waals surface area contributed by atoms with Gasteiger partial charge in [-0.25, -0.2) is 0 Å². The van der Waals surface area contributed by atoms with Gasteiger partial charge >= 0.3 is 0 Å². The summed E-state index contributed by atoms with van der Waals surface area (Å²) >= 11 is 0. The summed E-state index contributed by atoms with van der Waals surface area (Å²) in [5.74, 6) is 0.586. The molecule has 2 heterocycles. The standard InChI is InChI=1S/C22H20N4O2/c1-16-13-26-21(22(27)25(16)14-17-6-3-2-4-7-17)11-19(24-26)15-28-20-9-5-8-18(10-20)12-23/h2-11,16H,13-15H2,1H3. The number of benzene rings is 2. The van der Waals surface area contributed by atoms with Gasteiger partial charge in [0.2, 0.25) is 0 Å². The second-order valence-corrected chi connectivity index (χ2v) is 6.90. The Morgan fingerprint density at radius 3 is 2.79 bits per heavy atom. The molecule has 1 aliphatic heterocycles.